The van der Waals surface area contributed by atoms with E-state index in [0.29, 0.717) is 0 Å². The molecule has 2 unspecified atom stereocenters. The van der Waals surface area contributed by atoms with E-state index in [1.165, 1.54) is 18.8 Å². The summed E-state index contributed by atoms with van der Waals surface area (Å²) in [5, 5.41) is 0. The molecular formula is C16H25FN2. The summed E-state index contributed by atoms with van der Waals surface area (Å²) in [6.07, 6.45) is 0. The summed E-state index contributed by atoms with van der Waals surface area (Å²) in [6.45, 7) is 10.7. The Labute approximate surface area is 116 Å². The molecule has 0 aromatic heterocycles. The predicted octanol–water partition coefficient (Wildman–Crippen LogP) is 3.16. The monoisotopic (exact) mass is 264 g/mol. The maximum absolute atomic E-state index is 13.1. The van der Waals surface area contributed by atoms with E-state index in [4.69, 9.17) is 0 Å². The summed E-state index contributed by atoms with van der Waals surface area (Å²) >= 11 is 0. The number of rotatable bonds is 1. The molecule has 2 heterocycles. The second-order valence-corrected chi connectivity index (χ2v) is 5.58. The van der Waals surface area contributed by atoms with Crippen molar-refractivity contribution in [2.45, 2.75) is 20.8 Å². The van der Waals surface area contributed by atoms with Crippen LogP contribution in [0.3, 0.4) is 0 Å². The third-order valence-electron chi connectivity index (χ3n) is 4.17. The van der Waals surface area contributed by atoms with E-state index in [9.17, 15) is 4.39 Å². The summed E-state index contributed by atoms with van der Waals surface area (Å²) in [4.78, 5) is 4.85. The first-order valence-corrected chi connectivity index (χ1v) is 7.33. The van der Waals surface area contributed by atoms with Gasteiger partial charge in [-0.15, -0.1) is 0 Å². The van der Waals surface area contributed by atoms with Gasteiger partial charge in [-0.1, -0.05) is 13.8 Å². The van der Waals surface area contributed by atoms with E-state index < -0.39 is 0 Å². The molecule has 0 aliphatic carbocycles. The van der Waals surface area contributed by atoms with E-state index in [2.05, 4.69) is 16.8 Å². The molecular weight excluding hydrogens is 239 g/mol. The zero-order valence-electron chi connectivity index (χ0n) is 12.5. The summed E-state index contributed by atoms with van der Waals surface area (Å²) in [5.74, 6) is 1.46. The van der Waals surface area contributed by atoms with Gasteiger partial charge in [-0.3, -0.25) is 0 Å². The highest BCUT2D eigenvalue weighted by Gasteiger charge is 2.38. The summed E-state index contributed by atoms with van der Waals surface area (Å²) in [5.41, 5.74) is 2.27. The van der Waals surface area contributed by atoms with Gasteiger partial charge in [0.05, 0.1) is 0 Å². The van der Waals surface area contributed by atoms with Gasteiger partial charge in [0.25, 0.3) is 0 Å². The Kier molecular flexibility index (Phi) is 4.46. The number of likely N-dealkylation sites (tertiary alicyclic amines) is 1. The molecule has 1 aromatic rings. The van der Waals surface area contributed by atoms with Gasteiger partial charge in [-0.25, -0.2) is 4.39 Å². The van der Waals surface area contributed by atoms with Crippen LogP contribution in [0.5, 0.6) is 0 Å². The van der Waals surface area contributed by atoms with Crippen LogP contribution < -0.4 is 4.90 Å². The van der Waals surface area contributed by atoms with Crippen LogP contribution in [0.2, 0.25) is 0 Å². The molecule has 0 N–H and O–H groups in total. The molecule has 0 bridgehead atoms. The number of hydrogen-bond acceptors (Lipinski definition) is 2. The number of hydrogen-bond donors (Lipinski definition) is 0. The first kappa shape index (κ1) is 14.3. The third kappa shape index (κ3) is 2.92. The normalized spacial score (nSPS) is 26.1. The lowest BCUT2D eigenvalue weighted by Gasteiger charge is -2.23. The quantitative estimate of drug-likeness (QED) is 0.769. The Morgan fingerprint density at radius 3 is 2.16 bits per heavy atom. The summed E-state index contributed by atoms with van der Waals surface area (Å²) in [7, 11) is 2.20. The lowest BCUT2D eigenvalue weighted by atomic mass is 10.0. The molecule has 0 spiro atoms. The van der Waals surface area contributed by atoms with Crippen LogP contribution >= 0.6 is 0 Å². The Balaban J connectivity index is 0.000000637. The molecule has 19 heavy (non-hydrogen) atoms. The smallest absolute Gasteiger partial charge is 0.123 e. The molecule has 106 valence electrons. The molecule has 1 aromatic carbocycles. The highest BCUT2D eigenvalue weighted by Crippen LogP contribution is 2.34. The number of halogens is 1. The number of benzene rings is 1. The van der Waals surface area contributed by atoms with Gasteiger partial charge in [0.15, 0.2) is 0 Å². The summed E-state index contributed by atoms with van der Waals surface area (Å²) in [6, 6.07) is 5.13. The van der Waals surface area contributed by atoms with Crippen molar-refractivity contribution >= 4 is 5.69 Å². The zero-order valence-corrected chi connectivity index (χ0v) is 12.5. The summed E-state index contributed by atoms with van der Waals surface area (Å²) < 4.78 is 13.1. The molecule has 2 nitrogen and oxygen atoms in total. The lowest BCUT2D eigenvalue weighted by molar-refractivity contribution is 0.387. The van der Waals surface area contributed by atoms with Gasteiger partial charge >= 0.3 is 0 Å². The average molecular weight is 264 g/mol. The number of aryl methyl sites for hydroxylation is 1. The van der Waals surface area contributed by atoms with Crippen molar-refractivity contribution in [1.82, 2.24) is 4.90 Å². The molecule has 2 fully saturated rings. The van der Waals surface area contributed by atoms with Gasteiger partial charge in [0.1, 0.15) is 5.82 Å². The van der Waals surface area contributed by atoms with Gasteiger partial charge < -0.3 is 9.80 Å². The average Bonchev–Trinajstić information content (AvgIpc) is 2.88. The van der Waals surface area contributed by atoms with Crippen molar-refractivity contribution in [3.05, 3.63) is 29.6 Å². The van der Waals surface area contributed by atoms with Gasteiger partial charge in [0, 0.05) is 31.9 Å². The van der Waals surface area contributed by atoms with Crippen LogP contribution in [0.4, 0.5) is 10.1 Å². The second-order valence-electron chi connectivity index (χ2n) is 5.58. The van der Waals surface area contributed by atoms with Gasteiger partial charge in [-0.2, -0.15) is 0 Å². The first-order valence-electron chi connectivity index (χ1n) is 7.33. The fraction of sp³-hybridized carbons (Fsp3) is 0.625. The minimum absolute atomic E-state index is 0.134. The van der Waals surface area contributed by atoms with Crippen LogP contribution in [0, 0.1) is 24.6 Å². The molecule has 2 atom stereocenters. The van der Waals surface area contributed by atoms with Crippen LogP contribution in [0.15, 0.2) is 18.2 Å². The van der Waals surface area contributed by atoms with Crippen molar-refractivity contribution < 1.29 is 4.39 Å². The van der Waals surface area contributed by atoms with Gasteiger partial charge in [0.2, 0.25) is 0 Å². The Morgan fingerprint density at radius 2 is 1.63 bits per heavy atom. The Morgan fingerprint density at radius 1 is 1.05 bits per heavy atom. The lowest BCUT2D eigenvalue weighted by Crippen LogP contribution is -2.27. The molecule has 0 saturated carbocycles. The van der Waals surface area contributed by atoms with Crippen molar-refractivity contribution in [2.75, 3.05) is 38.1 Å². The van der Waals surface area contributed by atoms with Crippen LogP contribution in [0.1, 0.15) is 19.4 Å². The number of fused-ring (bicyclic) bond motifs is 1. The fourth-order valence-electron chi connectivity index (χ4n) is 3.40. The second kappa shape index (κ2) is 5.91. The van der Waals surface area contributed by atoms with Crippen molar-refractivity contribution in [3.8, 4) is 0 Å². The number of anilines is 1. The number of nitrogens with zero attached hydrogens (tertiary/aromatic N) is 2. The predicted molar refractivity (Wildman–Crippen MR) is 79.2 cm³/mol. The maximum atomic E-state index is 13.1. The van der Waals surface area contributed by atoms with Crippen LogP contribution in [-0.4, -0.2) is 38.1 Å². The van der Waals surface area contributed by atoms with Crippen LogP contribution in [-0.2, 0) is 0 Å². The van der Waals surface area contributed by atoms with Crippen molar-refractivity contribution in [2.24, 2.45) is 11.8 Å². The molecule has 0 amide bonds. The third-order valence-corrected chi connectivity index (χ3v) is 4.17. The first-order chi connectivity index (χ1) is 9.13. The fourth-order valence-corrected chi connectivity index (χ4v) is 3.40. The van der Waals surface area contributed by atoms with Crippen molar-refractivity contribution in [3.63, 3.8) is 0 Å². The van der Waals surface area contributed by atoms with Crippen molar-refractivity contribution in [1.29, 1.82) is 0 Å². The minimum atomic E-state index is -0.134. The van der Waals surface area contributed by atoms with E-state index in [1.807, 2.05) is 26.8 Å². The SMILES string of the molecule is CC.Cc1cc(F)ccc1N1CC2CN(C)CC2C1. The molecule has 2 aliphatic heterocycles. The van der Waals surface area contributed by atoms with E-state index in [0.717, 1.165) is 30.5 Å². The van der Waals surface area contributed by atoms with Crippen LogP contribution in [0.25, 0.3) is 0 Å². The van der Waals surface area contributed by atoms with E-state index >= 15 is 0 Å². The largest absolute Gasteiger partial charge is 0.371 e. The molecule has 0 radical (unpaired) electrons. The molecule has 3 rings (SSSR count). The van der Waals surface area contributed by atoms with E-state index in [1.54, 1.807) is 12.1 Å². The van der Waals surface area contributed by atoms with E-state index in [-0.39, 0.29) is 5.82 Å². The Hall–Kier alpha value is -1.09. The topological polar surface area (TPSA) is 6.48 Å². The minimum Gasteiger partial charge on any atom is -0.371 e. The zero-order chi connectivity index (χ0) is 14.0. The maximum Gasteiger partial charge on any atom is 0.123 e. The highest BCUT2D eigenvalue weighted by atomic mass is 19.1. The Bertz CT molecular complexity index is 419. The standard InChI is InChI=1S/C14H19FN2.C2H6/c1-10-5-13(15)3-4-14(10)17-8-11-6-16(2)7-12(11)9-17;1-2/h3-5,11-12H,6-9H2,1-2H3;1-2H3. The van der Waals surface area contributed by atoms with Gasteiger partial charge in [-0.05, 0) is 49.6 Å². The molecule has 2 aliphatic rings. The highest BCUT2D eigenvalue weighted by molar-refractivity contribution is 5.54. The molecule has 2 saturated heterocycles. The molecule has 3 heteroatoms.